The standard InChI is InChI=1S/C25H28N4O3S/c1-17-4-9-20-22(15-17)33-24(27-20)18-5-7-19(8-6-18)26-23(30)16-28-10-12-29(13-11-28)25(31)21-3-2-14-32-21/h4-9,15,21H,2-3,10-14,16H2,1H3,(H,26,30)/t21-/m0/s1. The van der Waals surface area contributed by atoms with Gasteiger partial charge in [0.1, 0.15) is 11.1 Å². The van der Waals surface area contributed by atoms with Crippen LogP contribution in [-0.4, -0.2) is 72.0 Å². The number of anilines is 1. The van der Waals surface area contributed by atoms with Gasteiger partial charge in [-0.05, 0) is 61.7 Å². The van der Waals surface area contributed by atoms with Crippen molar-refractivity contribution in [1.29, 1.82) is 0 Å². The van der Waals surface area contributed by atoms with E-state index in [9.17, 15) is 9.59 Å². The SMILES string of the molecule is Cc1ccc2nc(-c3ccc(NC(=O)CN4CCN(C(=O)[C@@H]5CCCO5)CC4)cc3)sc2c1. The number of carbonyl (C=O) groups excluding carboxylic acids is 2. The lowest BCUT2D eigenvalue weighted by molar-refractivity contribution is -0.142. The topological polar surface area (TPSA) is 74.8 Å². The largest absolute Gasteiger partial charge is 0.368 e. The van der Waals surface area contributed by atoms with Gasteiger partial charge in [-0.3, -0.25) is 14.5 Å². The van der Waals surface area contributed by atoms with Crippen LogP contribution in [0, 0.1) is 6.92 Å². The van der Waals surface area contributed by atoms with Crippen molar-refractivity contribution in [2.75, 3.05) is 44.6 Å². The Hall–Kier alpha value is -2.81. The minimum atomic E-state index is -0.269. The molecule has 0 bridgehead atoms. The molecule has 8 heteroatoms. The highest BCUT2D eigenvalue weighted by molar-refractivity contribution is 7.21. The van der Waals surface area contributed by atoms with Crippen molar-refractivity contribution in [2.24, 2.45) is 0 Å². The first-order valence-corrected chi connectivity index (χ1v) is 12.3. The molecule has 1 aromatic heterocycles. The maximum atomic E-state index is 12.5. The fourth-order valence-corrected chi connectivity index (χ4v) is 5.43. The Kier molecular flexibility index (Phi) is 6.39. The highest BCUT2D eigenvalue weighted by Crippen LogP contribution is 2.31. The lowest BCUT2D eigenvalue weighted by Gasteiger charge is -2.35. The minimum absolute atomic E-state index is 0.0443. The molecular formula is C25H28N4O3S. The second-order valence-electron chi connectivity index (χ2n) is 8.72. The summed E-state index contributed by atoms with van der Waals surface area (Å²) in [6, 6.07) is 14.1. The Morgan fingerprint density at radius 1 is 1.12 bits per heavy atom. The first-order valence-electron chi connectivity index (χ1n) is 11.5. The Morgan fingerprint density at radius 3 is 2.64 bits per heavy atom. The number of aryl methyl sites for hydroxylation is 1. The maximum Gasteiger partial charge on any atom is 0.251 e. The maximum absolute atomic E-state index is 12.5. The molecule has 3 heterocycles. The predicted octanol–water partition coefficient (Wildman–Crippen LogP) is 3.53. The molecule has 5 rings (SSSR count). The van der Waals surface area contributed by atoms with Gasteiger partial charge in [-0.1, -0.05) is 6.07 Å². The fourth-order valence-electron chi connectivity index (χ4n) is 4.36. The summed E-state index contributed by atoms with van der Waals surface area (Å²) in [4.78, 5) is 33.7. The average Bonchev–Trinajstić information content (AvgIpc) is 3.49. The Labute approximate surface area is 197 Å². The molecule has 0 aliphatic carbocycles. The molecule has 2 saturated heterocycles. The molecule has 0 radical (unpaired) electrons. The number of amides is 2. The summed E-state index contributed by atoms with van der Waals surface area (Å²) in [6.45, 7) is 5.76. The van der Waals surface area contributed by atoms with Crippen LogP contribution in [0.1, 0.15) is 18.4 Å². The third kappa shape index (κ3) is 5.08. The second kappa shape index (κ2) is 9.59. The molecule has 0 spiro atoms. The smallest absolute Gasteiger partial charge is 0.251 e. The zero-order valence-corrected chi connectivity index (χ0v) is 19.6. The van der Waals surface area contributed by atoms with Crippen molar-refractivity contribution >= 4 is 39.1 Å². The highest BCUT2D eigenvalue weighted by atomic mass is 32.1. The number of nitrogens with one attached hydrogen (secondary N) is 1. The van der Waals surface area contributed by atoms with Gasteiger partial charge in [0.25, 0.3) is 5.91 Å². The number of aromatic nitrogens is 1. The van der Waals surface area contributed by atoms with Crippen LogP contribution in [-0.2, 0) is 14.3 Å². The molecule has 0 saturated carbocycles. The molecule has 7 nitrogen and oxygen atoms in total. The number of piperazine rings is 1. The van der Waals surface area contributed by atoms with Gasteiger partial charge in [0.2, 0.25) is 5.91 Å². The number of fused-ring (bicyclic) bond motifs is 1. The summed E-state index contributed by atoms with van der Waals surface area (Å²) in [7, 11) is 0. The van der Waals surface area contributed by atoms with Crippen molar-refractivity contribution < 1.29 is 14.3 Å². The van der Waals surface area contributed by atoms with E-state index < -0.39 is 0 Å². The Morgan fingerprint density at radius 2 is 1.91 bits per heavy atom. The Bertz CT molecular complexity index is 1150. The first-order chi connectivity index (χ1) is 16.0. The van der Waals surface area contributed by atoms with E-state index in [2.05, 4.69) is 35.3 Å². The van der Waals surface area contributed by atoms with E-state index in [4.69, 9.17) is 9.72 Å². The Balaban J connectivity index is 1.12. The number of hydrogen-bond donors (Lipinski definition) is 1. The number of ether oxygens (including phenoxy) is 1. The molecule has 2 amide bonds. The number of thiazole rings is 1. The summed E-state index contributed by atoms with van der Waals surface area (Å²) in [5.74, 6) is 0.0528. The molecule has 2 aromatic carbocycles. The second-order valence-corrected chi connectivity index (χ2v) is 9.75. The highest BCUT2D eigenvalue weighted by Gasteiger charge is 2.30. The molecule has 2 fully saturated rings. The summed E-state index contributed by atoms with van der Waals surface area (Å²) >= 11 is 1.68. The fraction of sp³-hybridized carbons (Fsp3) is 0.400. The summed E-state index contributed by atoms with van der Waals surface area (Å²) in [5, 5.41) is 3.96. The summed E-state index contributed by atoms with van der Waals surface area (Å²) < 4.78 is 6.69. The van der Waals surface area contributed by atoms with Crippen LogP contribution in [0.3, 0.4) is 0 Å². The molecule has 0 unspecified atom stereocenters. The number of rotatable bonds is 5. The van der Waals surface area contributed by atoms with Gasteiger partial charge in [0.05, 0.1) is 16.8 Å². The van der Waals surface area contributed by atoms with E-state index in [1.807, 2.05) is 29.2 Å². The van der Waals surface area contributed by atoms with Crippen LogP contribution in [0.5, 0.6) is 0 Å². The van der Waals surface area contributed by atoms with Gasteiger partial charge >= 0.3 is 0 Å². The van der Waals surface area contributed by atoms with Crippen LogP contribution < -0.4 is 5.32 Å². The number of nitrogens with zero attached hydrogens (tertiary/aromatic N) is 3. The van der Waals surface area contributed by atoms with E-state index in [0.717, 1.165) is 34.6 Å². The van der Waals surface area contributed by atoms with Crippen molar-refractivity contribution in [3.05, 3.63) is 48.0 Å². The van der Waals surface area contributed by atoms with Gasteiger partial charge in [0.15, 0.2) is 0 Å². The monoisotopic (exact) mass is 464 g/mol. The molecule has 33 heavy (non-hydrogen) atoms. The number of benzene rings is 2. The van der Waals surface area contributed by atoms with Crippen LogP contribution in [0.2, 0.25) is 0 Å². The molecule has 2 aliphatic rings. The van der Waals surface area contributed by atoms with Crippen LogP contribution in [0.15, 0.2) is 42.5 Å². The molecule has 1 atom stereocenters. The van der Waals surface area contributed by atoms with E-state index in [-0.39, 0.29) is 17.9 Å². The molecule has 172 valence electrons. The van der Waals surface area contributed by atoms with Crippen LogP contribution in [0.25, 0.3) is 20.8 Å². The van der Waals surface area contributed by atoms with E-state index in [1.165, 1.54) is 10.3 Å². The zero-order chi connectivity index (χ0) is 22.8. The van der Waals surface area contributed by atoms with Gasteiger partial charge < -0.3 is 15.0 Å². The van der Waals surface area contributed by atoms with Crippen molar-refractivity contribution in [3.63, 3.8) is 0 Å². The third-order valence-electron chi connectivity index (χ3n) is 6.22. The average molecular weight is 465 g/mol. The van der Waals surface area contributed by atoms with Crippen LogP contribution in [0.4, 0.5) is 5.69 Å². The summed E-state index contributed by atoms with van der Waals surface area (Å²) in [6.07, 6.45) is 1.51. The predicted molar refractivity (Wildman–Crippen MR) is 130 cm³/mol. The van der Waals surface area contributed by atoms with Crippen LogP contribution >= 0.6 is 11.3 Å². The lowest BCUT2D eigenvalue weighted by atomic mass is 10.2. The van der Waals surface area contributed by atoms with E-state index in [1.54, 1.807) is 11.3 Å². The molecular weight excluding hydrogens is 436 g/mol. The molecule has 1 N–H and O–H groups in total. The molecule has 2 aliphatic heterocycles. The van der Waals surface area contributed by atoms with Gasteiger partial charge in [0, 0.05) is 44.0 Å². The first kappa shape index (κ1) is 22.0. The van der Waals surface area contributed by atoms with Gasteiger partial charge in [-0.15, -0.1) is 11.3 Å². The zero-order valence-electron chi connectivity index (χ0n) is 18.8. The minimum Gasteiger partial charge on any atom is -0.368 e. The van der Waals surface area contributed by atoms with E-state index >= 15 is 0 Å². The van der Waals surface area contributed by atoms with Crippen molar-refractivity contribution in [3.8, 4) is 10.6 Å². The third-order valence-corrected chi connectivity index (χ3v) is 7.28. The van der Waals surface area contributed by atoms with Gasteiger partial charge in [-0.25, -0.2) is 4.98 Å². The van der Waals surface area contributed by atoms with Gasteiger partial charge in [-0.2, -0.15) is 0 Å². The van der Waals surface area contributed by atoms with Crippen molar-refractivity contribution in [2.45, 2.75) is 25.9 Å². The number of carbonyl (C=O) groups is 2. The van der Waals surface area contributed by atoms with Crippen molar-refractivity contribution in [1.82, 2.24) is 14.8 Å². The van der Waals surface area contributed by atoms with E-state index in [0.29, 0.717) is 39.3 Å². The number of hydrogen-bond acceptors (Lipinski definition) is 6. The quantitative estimate of drug-likeness (QED) is 0.625. The summed E-state index contributed by atoms with van der Waals surface area (Å²) in [5.41, 5.74) is 4.05. The normalized spacial score (nSPS) is 19.2. The lowest BCUT2D eigenvalue weighted by Crippen LogP contribution is -2.52. The molecule has 3 aromatic rings.